The summed E-state index contributed by atoms with van der Waals surface area (Å²) >= 11 is 1.49. The summed E-state index contributed by atoms with van der Waals surface area (Å²) in [5.41, 5.74) is 4.48. The van der Waals surface area contributed by atoms with Gasteiger partial charge in [0.25, 0.3) is 5.91 Å². The highest BCUT2D eigenvalue weighted by molar-refractivity contribution is 8.00. The van der Waals surface area contributed by atoms with E-state index in [1.807, 2.05) is 56.4 Å². The van der Waals surface area contributed by atoms with Gasteiger partial charge in [-0.25, -0.2) is 4.39 Å². The summed E-state index contributed by atoms with van der Waals surface area (Å²) in [7, 11) is 0. The van der Waals surface area contributed by atoms with Gasteiger partial charge in [-0.05, 0) is 67.4 Å². The third-order valence-corrected chi connectivity index (χ3v) is 6.40. The molecule has 174 valence electrons. The molecule has 0 aliphatic rings. The van der Waals surface area contributed by atoms with Gasteiger partial charge in [-0.15, -0.1) is 11.8 Å². The van der Waals surface area contributed by atoms with Crippen molar-refractivity contribution >= 4 is 40.2 Å². The SMILES string of the molecule is Cc1cc(C)cc(NC(=O)CSc2cn(CCNC(=O)c3ccc(F)cc3)c3ccccc23)c1. The number of benzene rings is 3. The lowest BCUT2D eigenvalue weighted by molar-refractivity contribution is -0.113. The van der Waals surface area contributed by atoms with Gasteiger partial charge in [0, 0.05) is 46.3 Å². The van der Waals surface area contributed by atoms with Gasteiger partial charge in [0.2, 0.25) is 5.91 Å². The van der Waals surface area contributed by atoms with Gasteiger partial charge in [0.15, 0.2) is 0 Å². The van der Waals surface area contributed by atoms with Crippen molar-refractivity contribution in [3.63, 3.8) is 0 Å². The lowest BCUT2D eigenvalue weighted by atomic mass is 10.1. The Bertz CT molecular complexity index is 1310. The standard InChI is InChI=1S/C27H26FN3O2S/c1-18-13-19(2)15-22(14-18)30-26(32)17-34-25-16-31(24-6-4-3-5-23(24)25)12-11-29-27(33)20-7-9-21(28)10-8-20/h3-10,13-16H,11-12,17H2,1-2H3,(H,29,33)(H,30,32). The molecule has 4 aromatic rings. The Hall–Kier alpha value is -3.58. The first kappa shape index (κ1) is 23.6. The number of nitrogens with one attached hydrogen (secondary N) is 2. The predicted octanol–water partition coefficient (Wildman–Crippen LogP) is 5.56. The minimum atomic E-state index is -0.372. The molecule has 0 bridgehead atoms. The summed E-state index contributed by atoms with van der Waals surface area (Å²) in [6, 6.07) is 19.5. The first-order valence-corrected chi connectivity index (χ1v) is 12.0. The first-order valence-electron chi connectivity index (χ1n) is 11.0. The van der Waals surface area contributed by atoms with Gasteiger partial charge in [-0.3, -0.25) is 9.59 Å². The highest BCUT2D eigenvalue weighted by Gasteiger charge is 2.12. The van der Waals surface area contributed by atoms with Crippen LogP contribution in [0.1, 0.15) is 21.5 Å². The zero-order valence-corrected chi connectivity index (χ0v) is 19.9. The Labute approximate surface area is 202 Å². The molecule has 0 saturated carbocycles. The van der Waals surface area contributed by atoms with Gasteiger partial charge in [0.05, 0.1) is 5.75 Å². The molecule has 0 aliphatic heterocycles. The Morgan fingerprint density at radius 3 is 2.41 bits per heavy atom. The van der Waals surface area contributed by atoms with Crippen LogP contribution in [0.4, 0.5) is 10.1 Å². The van der Waals surface area contributed by atoms with Crippen molar-refractivity contribution < 1.29 is 14.0 Å². The van der Waals surface area contributed by atoms with Crippen LogP contribution in [0, 0.1) is 19.7 Å². The smallest absolute Gasteiger partial charge is 0.251 e. The molecule has 0 unspecified atom stereocenters. The van der Waals surface area contributed by atoms with Crippen LogP contribution in [0.25, 0.3) is 10.9 Å². The fourth-order valence-electron chi connectivity index (χ4n) is 3.89. The molecule has 7 heteroatoms. The second-order valence-electron chi connectivity index (χ2n) is 8.18. The highest BCUT2D eigenvalue weighted by atomic mass is 32.2. The van der Waals surface area contributed by atoms with Crippen molar-refractivity contribution in [1.29, 1.82) is 0 Å². The fraction of sp³-hybridized carbons (Fsp3) is 0.185. The average molecular weight is 476 g/mol. The number of rotatable bonds is 8. The molecule has 0 spiro atoms. The van der Waals surface area contributed by atoms with Crippen LogP contribution in [0.2, 0.25) is 0 Å². The summed E-state index contributed by atoms with van der Waals surface area (Å²) in [5, 5.41) is 6.92. The van der Waals surface area contributed by atoms with Crippen molar-refractivity contribution in [3.05, 3.63) is 95.4 Å². The third-order valence-electron chi connectivity index (χ3n) is 5.36. The average Bonchev–Trinajstić information content (AvgIpc) is 3.15. The van der Waals surface area contributed by atoms with Crippen LogP contribution < -0.4 is 10.6 Å². The normalized spacial score (nSPS) is 10.9. The summed E-state index contributed by atoms with van der Waals surface area (Å²) in [6.07, 6.45) is 2.02. The minimum absolute atomic E-state index is 0.0570. The van der Waals surface area contributed by atoms with Crippen LogP contribution in [0.3, 0.4) is 0 Å². The van der Waals surface area contributed by atoms with Crippen molar-refractivity contribution in [1.82, 2.24) is 9.88 Å². The predicted molar refractivity (Wildman–Crippen MR) is 136 cm³/mol. The van der Waals surface area contributed by atoms with E-state index in [1.165, 1.54) is 36.0 Å². The maximum Gasteiger partial charge on any atom is 0.251 e. The summed E-state index contributed by atoms with van der Waals surface area (Å²) in [5.74, 6) is -0.377. The number of anilines is 1. The quantitative estimate of drug-likeness (QED) is 0.328. The number of carbonyl (C=O) groups excluding carboxylic acids is 2. The van der Waals surface area contributed by atoms with Crippen LogP contribution in [0.15, 0.2) is 77.8 Å². The van der Waals surface area contributed by atoms with E-state index >= 15 is 0 Å². The first-order chi connectivity index (χ1) is 16.4. The van der Waals surface area contributed by atoms with E-state index in [0.717, 1.165) is 32.6 Å². The minimum Gasteiger partial charge on any atom is -0.350 e. The van der Waals surface area contributed by atoms with Gasteiger partial charge in [-0.1, -0.05) is 24.3 Å². The number of hydrogen-bond acceptors (Lipinski definition) is 3. The number of aromatic nitrogens is 1. The fourth-order valence-corrected chi connectivity index (χ4v) is 4.78. The van der Waals surface area contributed by atoms with Crippen molar-refractivity contribution in [2.45, 2.75) is 25.3 Å². The van der Waals surface area contributed by atoms with Crippen molar-refractivity contribution in [2.75, 3.05) is 17.6 Å². The van der Waals surface area contributed by atoms with Crippen LogP contribution in [-0.4, -0.2) is 28.7 Å². The number of thioether (sulfide) groups is 1. The lowest BCUT2D eigenvalue weighted by Gasteiger charge is -2.08. The van der Waals surface area contributed by atoms with E-state index in [4.69, 9.17) is 0 Å². The Balaban J connectivity index is 1.38. The number of hydrogen-bond donors (Lipinski definition) is 2. The molecule has 2 N–H and O–H groups in total. The van der Waals surface area contributed by atoms with E-state index in [0.29, 0.717) is 24.4 Å². The number of aryl methyl sites for hydroxylation is 2. The molecule has 2 amide bonds. The van der Waals surface area contributed by atoms with E-state index < -0.39 is 0 Å². The van der Waals surface area contributed by atoms with E-state index in [9.17, 15) is 14.0 Å². The molecule has 0 atom stereocenters. The zero-order chi connectivity index (χ0) is 24.1. The summed E-state index contributed by atoms with van der Waals surface area (Å²) < 4.78 is 15.1. The Morgan fingerprint density at radius 1 is 0.971 bits per heavy atom. The largest absolute Gasteiger partial charge is 0.350 e. The summed E-state index contributed by atoms with van der Waals surface area (Å²) in [6.45, 7) is 5.01. The number of para-hydroxylation sites is 1. The van der Waals surface area contributed by atoms with Crippen LogP contribution in [-0.2, 0) is 11.3 Å². The van der Waals surface area contributed by atoms with Gasteiger partial charge >= 0.3 is 0 Å². The van der Waals surface area contributed by atoms with Crippen LogP contribution >= 0.6 is 11.8 Å². The van der Waals surface area contributed by atoms with E-state index in [1.54, 1.807) is 0 Å². The molecule has 1 heterocycles. The van der Waals surface area contributed by atoms with Gasteiger partial charge < -0.3 is 15.2 Å². The summed E-state index contributed by atoms with van der Waals surface area (Å²) in [4.78, 5) is 25.8. The van der Waals surface area contributed by atoms with Crippen molar-refractivity contribution in [2.24, 2.45) is 0 Å². The van der Waals surface area contributed by atoms with Gasteiger partial charge in [0.1, 0.15) is 5.82 Å². The zero-order valence-electron chi connectivity index (χ0n) is 19.1. The molecule has 0 radical (unpaired) electrons. The number of nitrogens with zero attached hydrogens (tertiary/aromatic N) is 1. The Morgan fingerprint density at radius 2 is 1.68 bits per heavy atom. The molecule has 0 saturated heterocycles. The molecule has 34 heavy (non-hydrogen) atoms. The molecule has 5 nitrogen and oxygen atoms in total. The monoisotopic (exact) mass is 475 g/mol. The Kier molecular flexibility index (Phi) is 7.33. The number of fused-ring (bicyclic) bond motifs is 1. The molecule has 0 fully saturated rings. The molecular weight excluding hydrogens is 449 g/mol. The molecule has 3 aromatic carbocycles. The number of carbonyl (C=O) groups is 2. The number of amides is 2. The van der Waals surface area contributed by atoms with Crippen molar-refractivity contribution in [3.8, 4) is 0 Å². The second kappa shape index (κ2) is 10.6. The maximum atomic E-state index is 13.1. The molecule has 4 rings (SSSR count). The topological polar surface area (TPSA) is 63.1 Å². The van der Waals surface area contributed by atoms with E-state index in [-0.39, 0.29) is 17.6 Å². The molecule has 1 aromatic heterocycles. The number of halogens is 1. The molecule has 0 aliphatic carbocycles. The van der Waals surface area contributed by atoms with Gasteiger partial charge in [-0.2, -0.15) is 0 Å². The molecular formula is C27H26FN3O2S. The second-order valence-corrected chi connectivity index (χ2v) is 9.20. The van der Waals surface area contributed by atoms with E-state index in [2.05, 4.69) is 21.3 Å². The van der Waals surface area contributed by atoms with Crippen LogP contribution in [0.5, 0.6) is 0 Å². The highest BCUT2D eigenvalue weighted by Crippen LogP contribution is 2.30. The lowest BCUT2D eigenvalue weighted by Crippen LogP contribution is -2.27. The maximum absolute atomic E-state index is 13.1. The third kappa shape index (κ3) is 5.85.